The van der Waals surface area contributed by atoms with E-state index in [1.54, 1.807) is 0 Å². The molecule has 0 radical (unpaired) electrons. The summed E-state index contributed by atoms with van der Waals surface area (Å²) < 4.78 is 5.64. The van der Waals surface area contributed by atoms with Crippen molar-refractivity contribution in [3.05, 3.63) is 16.4 Å². The van der Waals surface area contributed by atoms with E-state index >= 15 is 0 Å². The maximum Gasteiger partial charge on any atom is 0.353 e. The van der Waals surface area contributed by atoms with Gasteiger partial charge in [0.05, 0.1) is 11.0 Å². The van der Waals surface area contributed by atoms with Gasteiger partial charge in [0.1, 0.15) is 6.33 Å². The van der Waals surface area contributed by atoms with Crippen LogP contribution in [0.1, 0.15) is 26.7 Å². The average Bonchev–Trinajstić information content (AvgIpc) is 2.48. The Bertz CT molecular complexity index is 495. The van der Waals surface area contributed by atoms with E-state index in [4.69, 9.17) is 4.74 Å². The molecule has 21 heavy (non-hydrogen) atoms. The monoisotopic (exact) mass is 295 g/mol. The Morgan fingerprint density at radius 2 is 2.33 bits per heavy atom. The highest BCUT2D eigenvalue weighted by Gasteiger charge is 2.30. The summed E-state index contributed by atoms with van der Waals surface area (Å²) in [6, 6.07) is 0. The molecule has 1 N–H and O–H groups in total. The van der Waals surface area contributed by atoms with E-state index < -0.39 is 4.92 Å². The molecule has 0 aromatic carbocycles. The maximum absolute atomic E-state index is 11.4. The minimum atomic E-state index is -0.419. The van der Waals surface area contributed by atoms with E-state index in [2.05, 4.69) is 15.3 Å². The first kappa shape index (κ1) is 15.4. The van der Waals surface area contributed by atoms with Crippen molar-refractivity contribution in [1.82, 2.24) is 9.97 Å². The van der Waals surface area contributed by atoms with Gasteiger partial charge in [0.25, 0.3) is 0 Å². The molecule has 116 valence electrons. The molecular formula is C13H21N5O3. The van der Waals surface area contributed by atoms with Crippen molar-refractivity contribution in [3.63, 3.8) is 0 Å². The third kappa shape index (κ3) is 3.57. The fraction of sp³-hybridized carbons (Fsp3) is 0.692. The van der Waals surface area contributed by atoms with E-state index in [1.807, 2.05) is 18.7 Å². The van der Waals surface area contributed by atoms with Crippen molar-refractivity contribution in [3.8, 4) is 0 Å². The standard InChI is InChI=1S/C13H21N5O3/c1-3-14-12-11(18(19)20)13(16-9-15-12)17-7-5-6-10(8-17)21-4-2/h9-10H,3-8H2,1-2H3,(H,14,15,16). The van der Waals surface area contributed by atoms with Crippen molar-refractivity contribution in [2.45, 2.75) is 32.8 Å². The molecular weight excluding hydrogens is 274 g/mol. The molecule has 1 saturated heterocycles. The highest BCUT2D eigenvalue weighted by Crippen LogP contribution is 2.33. The number of aromatic nitrogens is 2. The van der Waals surface area contributed by atoms with Gasteiger partial charge in [-0.05, 0) is 26.7 Å². The molecule has 1 aliphatic rings. The molecule has 1 aromatic rings. The highest BCUT2D eigenvalue weighted by molar-refractivity contribution is 5.70. The smallest absolute Gasteiger partial charge is 0.353 e. The van der Waals surface area contributed by atoms with Gasteiger partial charge in [-0.15, -0.1) is 0 Å². The molecule has 1 fully saturated rings. The van der Waals surface area contributed by atoms with Gasteiger partial charge in [-0.25, -0.2) is 9.97 Å². The van der Waals surface area contributed by atoms with Crippen LogP contribution >= 0.6 is 0 Å². The van der Waals surface area contributed by atoms with Crippen molar-refractivity contribution in [2.75, 3.05) is 36.5 Å². The molecule has 0 amide bonds. The van der Waals surface area contributed by atoms with E-state index in [1.165, 1.54) is 6.33 Å². The summed E-state index contributed by atoms with van der Waals surface area (Å²) >= 11 is 0. The highest BCUT2D eigenvalue weighted by atomic mass is 16.6. The van der Waals surface area contributed by atoms with Gasteiger partial charge < -0.3 is 15.0 Å². The zero-order valence-electron chi connectivity index (χ0n) is 12.4. The second kappa shape index (κ2) is 7.16. The molecule has 0 saturated carbocycles. The van der Waals surface area contributed by atoms with Crippen LogP contribution in [0, 0.1) is 10.1 Å². The number of anilines is 2. The van der Waals surface area contributed by atoms with Crippen LogP contribution in [-0.4, -0.2) is 47.2 Å². The maximum atomic E-state index is 11.4. The van der Waals surface area contributed by atoms with Gasteiger partial charge in [-0.3, -0.25) is 10.1 Å². The molecule has 8 heteroatoms. The summed E-state index contributed by atoms with van der Waals surface area (Å²) in [5.41, 5.74) is -0.0588. The van der Waals surface area contributed by atoms with Gasteiger partial charge in [0.15, 0.2) is 0 Å². The topological polar surface area (TPSA) is 93.4 Å². The number of ether oxygens (including phenoxy) is 1. The van der Waals surface area contributed by atoms with Gasteiger partial charge in [-0.1, -0.05) is 0 Å². The first-order chi connectivity index (χ1) is 10.2. The molecule has 0 aliphatic carbocycles. The molecule has 2 rings (SSSR count). The number of rotatable bonds is 6. The lowest BCUT2D eigenvalue weighted by Gasteiger charge is -2.32. The van der Waals surface area contributed by atoms with Crippen molar-refractivity contribution in [2.24, 2.45) is 0 Å². The Kier molecular flexibility index (Phi) is 5.26. The zero-order valence-corrected chi connectivity index (χ0v) is 12.4. The van der Waals surface area contributed by atoms with Crippen LogP contribution in [0.5, 0.6) is 0 Å². The molecule has 0 bridgehead atoms. The molecule has 2 heterocycles. The molecule has 1 unspecified atom stereocenters. The molecule has 8 nitrogen and oxygen atoms in total. The first-order valence-electron chi connectivity index (χ1n) is 7.27. The summed E-state index contributed by atoms with van der Waals surface area (Å²) in [7, 11) is 0. The first-order valence-corrected chi connectivity index (χ1v) is 7.27. The van der Waals surface area contributed by atoms with Crippen LogP contribution in [0.3, 0.4) is 0 Å². The van der Waals surface area contributed by atoms with Crippen molar-refractivity contribution >= 4 is 17.3 Å². The van der Waals surface area contributed by atoms with E-state index in [0.717, 1.165) is 19.4 Å². The van der Waals surface area contributed by atoms with Crippen LogP contribution in [0.25, 0.3) is 0 Å². The minimum Gasteiger partial charge on any atom is -0.377 e. The second-order valence-corrected chi connectivity index (χ2v) is 4.85. The van der Waals surface area contributed by atoms with Crippen molar-refractivity contribution in [1.29, 1.82) is 0 Å². The fourth-order valence-corrected chi connectivity index (χ4v) is 2.57. The Labute approximate surface area is 123 Å². The van der Waals surface area contributed by atoms with Gasteiger partial charge in [0, 0.05) is 26.2 Å². The number of nitrogens with one attached hydrogen (secondary N) is 1. The third-order valence-electron chi connectivity index (χ3n) is 3.41. The van der Waals surface area contributed by atoms with Gasteiger partial charge in [0.2, 0.25) is 11.6 Å². The number of hydrogen-bond donors (Lipinski definition) is 1. The van der Waals surface area contributed by atoms with Gasteiger partial charge in [-0.2, -0.15) is 0 Å². The summed E-state index contributed by atoms with van der Waals surface area (Å²) in [5, 5.41) is 14.3. The van der Waals surface area contributed by atoms with Crippen LogP contribution < -0.4 is 10.2 Å². The predicted molar refractivity (Wildman–Crippen MR) is 79.7 cm³/mol. The Morgan fingerprint density at radius 1 is 1.52 bits per heavy atom. The summed E-state index contributed by atoms with van der Waals surface area (Å²) in [4.78, 5) is 21.0. The average molecular weight is 295 g/mol. The third-order valence-corrected chi connectivity index (χ3v) is 3.41. The lowest BCUT2D eigenvalue weighted by Crippen LogP contribution is -2.40. The van der Waals surface area contributed by atoms with E-state index in [-0.39, 0.29) is 17.6 Å². The molecule has 0 spiro atoms. The van der Waals surface area contributed by atoms with Crippen LogP contribution in [-0.2, 0) is 4.74 Å². The Balaban J connectivity index is 2.29. The Hall–Kier alpha value is -1.96. The predicted octanol–water partition coefficient (Wildman–Crippen LogP) is 1.82. The number of nitrogens with zero attached hydrogens (tertiary/aromatic N) is 4. The lowest BCUT2D eigenvalue weighted by atomic mass is 10.1. The van der Waals surface area contributed by atoms with Crippen LogP contribution in [0.15, 0.2) is 6.33 Å². The van der Waals surface area contributed by atoms with E-state index in [0.29, 0.717) is 25.5 Å². The fourth-order valence-electron chi connectivity index (χ4n) is 2.57. The molecule has 1 atom stereocenters. The minimum absolute atomic E-state index is 0.0588. The summed E-state index contributed by atoms with van der Waals surface area (Å²) in [6.07, 6.45) is 3.37. The number of piperidine rings is 1. The van der Waals surface area contributed by atoms with Gasteiger partial charge >= 0.3 is 5.69 Å². The quantitative estimate of drug-likeness (QED) is 0.632. The summed E-state index contributed by atoms with van der Waals surface area (Å²) in [6.45, 7) is 6.41. The van der Waals surface area contributed by atoms with Crippen LogP contribution in [0.2, 0.25) is 0 Å². The number of nitro groups is 1. The molecule has 1 aromatic heterocycles. The SMILES string of the molecule is CCNc1ncnc(N2CCCC(OCC)C2)c1[N+](=O)[O-]. The van der Waals surface area contributed by atoms with Crippen molar-refractivity contribution < 1.29 is 9.66 Å². The number of hydrogen-bond acceptors (Lipinski definition) is 7. The van der Waals surface area contributed by atoms with Crippen LogP contribution in [0.4, 0.5) is 17.3 Å². The summed E-state index contributed by atoms with van der Waals surface area (Å²) in [5.74, 6) is 0.640. The molecule has 1 aliphatic heterocycles. The largest absolute Gasteiger partial charge is 0.377 e. The Morgan fingerprint density at radius 3 is 3.00 bits per heavy atom. The zero-order chi connectivity index (χ0) is 15.2. The lowest BCUT2D eigenvalue weighted by molar-refractivity contribution is -0.383. The van der Waals surface area contributed by atoms with E-state index in [9.17, 15) is 10.1 Å². The second-order valence-electron chi connectivity index (χ2n) is 4.85. The normalized spacial score (nSPS) is 18.6.